The highest BCUT2D eigenvalue weighted by atomic mass is 32.2. The van der Waals surface area contributed by atoms with Crippen molar-refractivity contribution in [2.75, 3.05) is 13.2 Å². The van der Waals surface area contributed by atoms with Gasteiger partial charge in [0.2, 0.25) is 10.0 Å². The molecule has 0 fully saturated rings. The van der Waals surface area contributed by atoms with Crippen molar-refractivity contribution < 1.29 is 27.5 Å². The first-order valence-corrected chi connectivity index (χ1v) is 10.4. The summed E-state index contributed by atoms with van der Waals surface area (Å²) in [5.74, 6) is -1.44. The number of sulfonamides is 1. The molecule has 0 heterocycles. The lowest BCUT2D eigenvalue weighted by molar-refractivity contribution is -0.147. The van der Waals surface area contributed by atoms with Crippen molar-refractivity contribution in [3.63, 3.8) is 0 Å². The van der Waals surface area contributed by atoms with Gasteiger partial charge >= 0.3 is 11.9 Å². The third-order valence-electron chi connectivity index (χ3n) is 3.77. The Hall–Kier alpha value is -2.71. The molecular formula is C20H23NO6S. The second-order valence-corrected chi connectivity index (χ2v) is 7.76. The van der Waals surface area contributed by atoms with Crippen LogP contribution in [0, 0.1) is 0 Å². The number of esters is 2. The number of unbranched alkanes of at least 4 members (excludes halogenated alkanes) is 1. The van der Waals surface area contributed by atoms with E-state index in [1.54, 1.807) is 12.1 Å². The summed E-state index contributed by atoms with van der Waals surface area (Å²) in [5, 5.41) is 0. The quantitative estimate of drug-likeness (QED) is 0.482. The highest BCUT2D eigenvalue weighted by molar-refractivity contribution is 7.89. The normalized spacial score (nSPS) is 11.0. The van der Waals surface area contributed by atoms with Crippen LogP contribution in [0.3, 0.4) is 0 Å². The van der Waals surface area contributed by atoms with Gasteiger partial charge in [0.15, 0.2) is 6.61 Å². The molecule has 0 saturated carbocycles. The van der Waals surface area contributed by atoms with Gasteiger partial charge in [0.1, 0.15) is 0 Å². The maximum Gasteiger partial charge on any atom is 0.344 e. The van der Waals surface area contributed by atoms with E-state index in [1.807, 2.05) is 25.1 Å². The molecule has 0 amide bonds. The topological polar surface area (TPSA) is 98.8 Å². The van der Waals surface area contributed by atoms with Gasteiger partial charge < -0.3 is 9.47 Å². The van der Waals surface area contributed by atoms with Crippen LogP contribution in [0.15, 0.2) is 59.5 Å². The number of benzene rings is 2. The minimum absolute atomic E-state index is 0.0314. The van der Waals surface area contributed by atoms with Gasteiger partial charge in [-0.3, -0.25) is 0 Å². The maximum atomic E-state index is 12.5. The highest BCUT2D eigenvalue weighted by Crippen LogP contribution is 2.13. The molecule has 0 aromatic heterocycles. The van der Waals surface area contributed by atoms with Crippen LogP contribution in [0.1, 0.15) is 35.7 Å². The zero-order chi connectivity index (χ0) is 20.4. The SMILES string of the molecule is CCCCOC(=O)COC(=O)c1cccc(S(=O)(=O)NCc2ccccc2)c1. The standard InChI is InChI=1S/C20H23NO6S/c1-2-3-12-26-19(22)15-27-20(23)17-10-7-11-18(13-17)28(24,25)21-14-16-8-5-4-6-9-16/h4-11,13,21H,2-3,12,14-15H2,1H3. The van der Waals surface area contributed by atoms with Crippen LogP contribution < -0.4 is 4.72 Å². The molecule has 1 N–H and O–H groups in total. The Morgan fingerprint density at radius 2 is 1.75 bits per heavy atom. The monoisotopic (exact) mass is 405 g/mol. The Kier molecular flexibility index (Phi) is 8.16. The lowest BCUT2D eigenvalue weighted by Crippen LogP contribution is -2.23. The van der Waals surface area contributed by atoms with E-state index in [4.69, 9.17) is 9.47 Å². The molecule has 7 nitrogen and oxygen atoms in total. The minimum Gasteiger partial charge on any atom is -0.463 e. The summed E-state index contributed by atoms with van der Waals surface area (Å²) in [7, 11) is -3.81. The zero-order valence-electron chi connectivity index (χ0n) is 15.6. The van der Waals surface area contributed by atoms with Gasteiger partial charge in [-0.1, -0.05) is 49.7 Å². The van der Waals surface area contributed by atoms with Crippen LogP contribution in [-0.4, -0.2) is 33.6 Å². The largest absolute Gasteiger partial charge is 0.463 e. The first-order valence-electron chi connectivity index (χ1n) is 8.89. The van der Waals surface area contributed by atoms with Gasteiger partial charge in [-0.05, 0) is 30.2 Å². The molecule has 2 aromatic rings. The fourth-order valence-corrected chi connectivity index (χ4v) is 3.29. The van der Waals surface area contributed by atoms with Crippen LogP contribution in [0.5, 0.6) is 0 Å². The number of hydrogen-bond donors (Lipinski definition) is 1. The smallest absolute Gasteiger partial charge is 0.344 e. The molecule has 0 atom stereocenters. The Morgan fingerprint density at radius 1 is 1.00 bits per heavy atom. The second-order valence-electron chi connectivity index (χ2n) is 5.99. The summed E-state index contributed by atoms with van der Waals surface area (Å²) < 4.78 is 37.2. The number of nitrogens with one attached hydrogen (secondary N) is 1. The van der Waals surface area contributed by atoms with Gasteiger partial charge in [-0.2, -0.15) is 0 Å². The van der Waals surface area contributed by atoms with Crippen molar-refractivity contribution in [3.05, 3.63) is 65.7 Å². The van der Waals surface area contributed by atoms with Crippen molar-refractivity contribution in [2.24, 2.45) is 0 Å². The van der Waals surface area contributed by atoms with Crippen molar-refractivity contribution in [3.8, 4) is 0 Å². The Morgan fingerprint density at radius 3 is 2.46 bits per heavy atom. The fourth-order valence-electron chi connectivity index (χ4n) is 2.23. The molecule has 0 radical (unpaired) electrons. The Balaban J connectivity index is 1.96. The number of hydrogen-bond acceptors (Lipinski definition) is 6. The first kappa shape index (κ1) is 21.6. The molecule has 8 heteroatoms. The molecular weight excluding hydrogens is 382 g/mol. The molecule has 0 aliphatic carbocycles. The number of carbonyl (C=O) groups is 2. The number of carbonyl (C=O) groups excluding carboxylic acids is 2. The zero-order valence-corrected chi connectivity index (χ0v) is 16.4. The molecule has 2 aromatic carbocycles. The lowest BCUT2D eigenvalue weighted by atomic mass is 10.2. The fraction of sp³-hybridized carbons (Fsp3) is 0.300. The van der Waals surface area contributed by atoms with E-state index in [-0.39, 0.29) is 23.6 Å². The van der Waals surface area contributed by atoms with E-state index in [2.05, 4.69) is 4.72 Å². The second kappa shape index (κ2) is 10.6. The third-order valence-corrected chi connectivity index (χ3v) is 5.17. The van der Waals surface area contributed by atoms with Gasteiger partial charge in [0.25, 0.3) is 0 Å². The molecule has 0 saturated heterocycles. The summed E-state index contributed by atoms with van der Waals surface area (Å²) in [6.45, 7) is 1.84. The lowest BCUT2D eigenvalue weighted by Gasteiger charge is -2.09. The molecule has 28 heavy (non-hydrogen) atoms. The summed E-state index contributed by atoms with van der Waals surface area (Å²) in [5.41, 5.74) is 0.840. The van der Waals surface area contributed by atoms with Crippen molar-refractivity contribution >= 4 is 22.0 Å². The van der Waals surface area contributed by atoms with E-state index in [0.29, 0.717) is 0 Å². The van der Waals surface area contributed by atoms with E-state index in [0.717, 1.165) is 18.4 Å². The van der Waals surface area contributed by atoms with Crippen LogP contribution in [0.25, 0.3) is 0 Å². The molecule has 0 spiro atoms. The van der Waals surface area contributed by atoms with Crippen LogP contribution in [-0.2, 0) is 30.8 Å². The highest BCUT2D eigenvalue weighted by Gasteiger charge is 2.17. The van der Waals surface area contributed by atoms with E-state index in [9.17, 15) is 18.0 Å². The number of rotatable bonds is 10. The minimum atomic E-state index is -3.81. The maximum absolute atomic E-state index is 12.5. The van der Waals surface area contributed by atoms with Crippen molar-refractivity contribution in [2.45, 2.75) is 31.2 Å². The molecule has 0 bridgehead atoms. The predicted octanol–water partition coefficient (Wildman–Crippen LogP) is 2.67. The summed E-state index contributed by atoms with van der Waals surface area (Å²) in [6.07, 6.45) is 1.61. The van der Waals surface area contributed by atoms with Crippen molar-refractivity contribution in [1.82, 2.24) is 4.72 Å². The molecule has 0 aliphatic rings. The Labute approximate surface area is 164 Å². The van der Waals surface area contributed by atoms with E-state index >= 15 is 0 Å². The predicted molar refractivity (Wildman–Crippen MR) is 103 cm³/mol. The van der Waals surface area contributed by atoms with Crippen molar-refractivity contribution in [1.29, 1.82) is 0 Å². The number of ether oxygens (including phenoxy) is 2. The third kappa shape index (κ3) is 6.79. The van der Waals surface area contributed by atoms with E-state index in [1.165, 1.54) is 24.3 Å². The molecule has 0 unspecified atom stereocenters. The van der Waals surface area contributed by atoms with E-state index < -0.39 is 28.6 Å². The molecule has 150 valence electrons. The van der Waals surface area contributed by atoms with Crippen LogP contribution in [0.2, 0.25) is 0 Å². The summed E-state index contributed by atoms with van der Waals surface area (Å²) >= 11 is 0. The van der Waals surface area contributed by atoms with Crippen LogP contribution in [0.4, 0.5) is 0 Å². The summed E-state index contributed by atoms with van der Waals surface area (Å²) in [6, 6.07) is 14.5. The van der Waals surface area contributed by atoms with Gasteiger partial charge in [0, 0.05) is 6.54 Å². The summed E-state index contributed by atoms with van der Waals surface area (Å²) in [4.78, 5) is 23.5. The van der Waals surface area contributed by atoms with Crippen LogP contribution >= 0.6 is 0 Å². The first-order chi connectivity index (χ1) is 13.4. The van der Waals surface area contributed by atoms with Gasteiger partial charge in [-0.25, -0.2) is 22.7 Å². The van der Waals surface area contributed by atoms with Gasteiger partial charge in [-0.15, -0.1) is 0 Å². The Bertz CT molecular complexity index is 896. The average Bonchev–Trinajstić information content (AvgIpc) is 2.71. The molecule has 0 aliphatic heterocycles. The molecule has 2 rings (SSSR count). The van der Waals surface area contributed by atoms with Gasteiger partial charge in [0.05, 0.1) is 17.1 Å². The average molecular weight is 405 g/mol.